The number of carbonyl (C=O) groups excluding carboxylic acids is 5. The molecule has 2 aliphatic rings. The summed E-state index contributed by atoms with van der Waals surface area (Å²) in [5.41, 5.74) is 6.92. The van der Waals surface area contributed by atoms with Crippen molar-refractivity contribution in [2.75, 3.05) is 14.1 Å². The Morgan fingerprint density at radius 2 is 1.64 bits per heavy atom. The Labute approximate surface area is 291 Å². The maximum Gasteiger partial charge on any atom is 0.524 e. The van der Waals surface area contributed by atoms with Gasteiger partial charge in [0.15, 0.2) is 0 Å². The van der Waals surface area contributed by atoms with Gasteiger partial charge in [0, 0.05) is 19.0 Å². The average Bonchev–Trinajstić information content (AvgIpc) is 3.48. The van der Waals surface area contributed by atoms with Gasteiger partial charge in [-0.1, -0.05) is 55.3 Å². The fourth-order valence-electron chi connectivity index (χ4n) is 6.48. The fraction of sp³-hybridized carbons (Fsp3) is 0.500. The highest BCUT2D eigenvalue weighted by Gasteiger charge is 2.45. The molecule has 0 aliphatic carbocycles. The second kappa shape index (κ2) is 17.6. The number of amides is 5. The molecule has 272 valence electrons. The van der Waals surface area contributed by atoms with Crippen molar-refractivity contribution in [2.24, 2.45) is 5.73 Å². The SMILES string of the molecule is CN(C)[C@@H](Cc1ccc(OP(=O)(O)O)cc1)C(=O)NC1CCCC[C@H]2CC[C@@H](C(=O)N[C@@H](CCC(N)=O)C(=O)NCc3ccccc3)N2C1=O. The third kappa shape index (κ3) is 11.1. The molecule has 5 amide bonds. The van der Waals surface area contributed by atoms with Crippen LogP contribution in [0.4, 0.5) is 0 Å². The minimum atomic E-state index is -4.71. The summed E-state index contributed by atoms with van der Waals surface area (Å²) in [6, 6.07) is 11.6. The number of likely N-dealkylation sites (N-methyl/N-ethyl adjacent to an activating group) is 1. The number of hydrogen-bond donors (Lipinski definition) is 6. The summed E-state index contributed by atoms with van der Waals surface area (Å²) in [6.07, 6.45) is 3.72. The molecular weight excluding hydrogens is 667 g/mol. The highest BCUT2D eigenvalue weighted by Crippen LogP contribution is 2.37. The molecule has 0 spiro atoms. The van der Waals surface area contributed by atoms with Crippen molar-refractivity contribution in [3.8, 4) is 5.75 Å². The van der Waals surface area contributed by atoms with Crippen LogP contribution in [0.25, 0.3) is 0 Å². The lowest BCUT2D eigenvalue weighted by atomic mass is 9.98. The number of fused-ring (bicyclic) bond motifs is 1. The van der Waals surface area contributed by atoms with Crippen LogP contribution in [-0.2, 0) is 41.5 Å². The van der Waals surface area contributed by atoms with Crippen molar-refractivity contribution < 1.29 is 42.8 Å². The number of benzene rings is 2. The van der Waals surface area contributed by atoms with Gasteiger partial charge in [-0.25, -0.2) is 4.57 Å². The van der Waals surface area contributed by atoms with E-state index in [2.05, 4.69) is 20.5 Å². The van der Waals surface area contributed by atoms with E-state index in [1.165, 1.54) is 12.1 Å². The van der Waals surface area contributed by atoms with Gasteiger partial charge in [-0.15, -0.1) is 0 Å². The van der Waals surface area contributed by atoms with Crippen molar-refractivity contribution >= 4 is 37.4 Å². The highest BCUT2D eigenvalue weighted by molar-refractivity contribution is 7.46. The summed E-state index contributed by atoms with van der Waals surface area (Å²) in [4.78, 5) is 87.7. The summed E-state index contributed by atoms with van der Waals surface area (Å²) < 4.78 is 15.8. The van der Waals surface area contributed by atoms with Gasteiger partial charge in [-0.2, -0.15) is 0 Å². The third-order valence-corrected chi connectivity index (χ3v) is 9.53. The van der Waals surface area contributed by atoms with Crippen LogP contribution in [0.3, 0.4) is 0 Å². The van der Waals surface area contributed by atoms with Crippen molar-refractivity contribution in [1.29, 1.82) is 0 Å². The Balaban J connectivity index is 1.44. The van der Waals surface area contributed by atoms with Gasteiger partial charge >= 0.3 is 7.82 Å². The lowest BCUT2D eigenvalue weighted by Gasteiger charge is -2.36. The zero-order valence-corrected chi connectivity index (χ0v) is 29.2. The molecule has 0 radical (unpaired) electrons. The predicted octanol–water partition coefficient (Wildman–Crippen LogP) is 1.12. The molecule has 16 heteroatoms. The molecule has 5 atom stereocenters. The maximum absolute atomic E-state index is 14.1. The van der Waals surface area contributed by atoms with E-state index in [0.29, 0.717) is 37.7 Å². The molecule has 1 unspecified atom stereocenters. The summed E-state index contributed by atoms with van der Waals surface area (Å²) >= 11 is 0. The molecular formula is C34H47N6O9P. The number of phosphoric acid groups is 1. The molecule has 0 bridgehead atoms. The van der Waals surface area contributed by atoms with Gasteiger partial charge in [0.05, 0.1) is 6.04 Å². The summed E-state index contributed by atoms with van der Waals surface area (Å²) in [6.45, 7) is 0.227. The van der Waals surface area contributed by atoms with Crippen LogP contribution >= 0.6 is 7.82 Å². The fourth-order valence-corrected chi connectivity index (χ4v) is 6.88. The molecule has 2 saturated heterocycles. The number of nitrogens with zero attached hydrogens (tertiary/aromatic N) is 2. The van der Waals surface area contributed by atoms with E-state index in [4.69, 9.17) is 15.5 Å². The number of phosphoric ester groups is 1. The monoisotopic (exact) mass is 714 g/mol. The molecule has 15 nitrogen and oxygen atoms in total. The largest absolute Gasteiger partial charge is 0.524 e. The van der Waals surface area contributed by atoms with E-state index >= 15 is 0 Å². The highest BCUT2D eigenvalue weighted by atomic mass is 31.2. The molecule has 2 heterocycles. The van der Waals surface area contributed by atoms with Crippen LogP contribution in [0.1, 0.15) is 62.5 Å². The quantitative estimate of drug-likeness (QED) is 0.144. The normalized spacial score (nSPS) is 20.5. The molecule has 0 saturated carbocycles. The summed E-state index contributed by atoms with van der Waals surface area (Å²) in [5.74, 6) is -2.35. The van der Waals surface area contributed by atoms with Gasteiger partial charge in [-0.05, 0) is 75.9 Å². The Hall–Kier alpha value is -4.30. The van der Waals surface area contributed by atoms with E-state index < -0.39 is 49.7 Å². The minimum Gasteiger partial charge on any atom is -0.404 e. The summed E-state index contributed by atoms with van der Waals surface area (Å²) in [7, 11) is -1.25. The molecule has 50 heavy (non-hydrogen) atoms. The van der Waals surface area contributed by atoms with Crippen LogP contribution in [0.15, 0.2) is 54.6 Å². The second-order valence-electron chi connectivity index (χ2n) is 13.0. The summed E-state index contributed by atoms with van der Waals surface area (Å²) in [5, 5.41) is 8.51. The Bertz CT molecular complexity index is 1550. The van der Waals surface area contributed by atoms with E-state index in [1.54, 1.807) is 36.0 Å². The van der Waals surface area contributed by atoms with Crippen molar-refractivity contribution in [1.82, 2.24) is 25.8 Å². The zero-order chi connectivity index (χ0) is 36.4. The molecule has 2 aromatic rings. The molecule has 0 aromatic heterocycles. The van der Waals surface area contributed by atoms with E-state index in [0.717, 1.165) is 12.0 Å². The Morgan fingerprint density at radius 1 is 0.960 bits per heavy atom. The number of hydrogen-bond acceptors (Lipinski definition) is 8. The van der Waals surface area contributed by atoms with Gasteiger partial charge in [0.2, 0.25) is 29.5 Å². The Kier molecular flexibility index (Phi) is 13.5. The van der Waals surface area contributed by atoms with Gasteiger partial charge in [-0.3, -0.25) is 38.7 Å². The number of carbonyl (C=O) groups is 5. The predicted molar refractivity (Wildman–Crippen MR) is 183 cm³/mol. The van der Waals surface area contributed by atoms with Crippen LogP contribution < -0.4 is 26.2 Å². The van der Waals surface area contributed by atoms with E-state index in [9.17, 15) is 28.5 Å². The topological polar surface area (TPSA) is 221 Å². The van der Waals surface area contributed by atoms with Crippen LogP contribution in [0.2, 0.25) is 0 Å². The molecule has 7 N–H and O–H groups in total. The minimum absolute atomic E-state index is 0.00415. The lowest BCUT2D eigenvalue weighted by molar-refractivity contribution is -0.145. The third-order valence-electron chi connectivity index (χ3n) is 9.08. The van der Waals surface area contributed by atoms with Crippen molar-refractivity contribution in [2.45, 2.75) is 94.5 Å². The number of nitrogens with two attached hydrogens (primary N) is 1. The molecule has 4 rings (SSSR count). The smallest absolute Gasteiger partial charge is 0.404 e. The number of rotatable bonds is 15. The van der Waals surface area contributed by atoms with Gasteiger partial charge < -0.3 is 31.1 Å². The van der Waals surface area contributed by atoms with E-state index in [1.807, 2.05) is 30.3 Å². The number of primary amides is 1. The average molecular weight is 715 g/mol. The van der Waals surface area contributed by atoms with Crippen molar-refractivity contribution in [3.63, 3.8) is 0 Å². The van der Waals surface area contributed by atoms with Gasteiger partial charge in [0.1, 0.15) is 23.9 Å². The first kappa shape index (κ1) is 38.5. The first-order chi connectivity index (χ1) is 23.7. The molecule has 2 fully saturated rings. The van der Waals surface area contributed by atoms with E-state index in [-0.39, 0.29) is 49.4 Å². The number of nitrogens with one attached hydrogen (secondary N) is 3. The molecule has 2 aliphatic heterocycles. The van der Waals surface area contributed by atoms with Crippen LogP contribution in [-0.4, -0.2) is 93.4 Å². The zero-order valence-electron chi connectivity index (χ0n) is 28.3. The first-order valence-electron chi connectivity index (χ1n) is 16.7. The van der Waals surface area contributed by atoms with Crippen LogP contribution in [0, 0.1) is 0 Å². The standard InChI is InChI=1S/C34H47N6O9P/c1-39(2)29(20-22-12-15-25(16-13-22)49-50(46,47)48)33(44)38-27-11-7-6-10-24-14-18-28(40(24)34(27)45)32(43)37-26(17-19-30(35)41)31(42)36-21-23-8-4-3-5-9-23/h3-5,8-9,12-13,15-16,24,26-29H,6-7,10-11,14,17-21H2,1-2H3,(H2,35,41)(H,36,42)(H,37,43)(H,38,44)(H2,46,47,48)/t24-,26-,27?,28-,29-/m0/s1. The Morgan fingerprint density at radius 3 is 2.28 bits per heavy atom. The van der Waals surface area contributed by atoms with Crippen molar-refractivity contribution in [3.05, 3.63) is 65.7 Å². The lowest BCUT2D eigenvalue weighted by Crippen LogP contribution is -2.59. The maximum atomic E-state index is 14.1. The molecule has 2 aromatic carbocycles. The van der Waals surface area contributed by atoms with Gasteiger partial charge in [0.25, 0.3) is 0 Å². The first-order valence-corrected chi connectivity index (χ1v) is 18.3. The van der Waals surface area contributed by atoms with Crippen LogP contribution in [0.5, 0.6) is 5.75 Å². The second-order valence-corrected chi connectivity index (χ2v) is 14.2.